The van der Waals surface area contributed by atoms with Crippen molar-refractivity contribution in [2.75, 3.05) is 5.75 Å². The molecule has 0 aliphatic carbocycles. The summed E-state index contributed by atoms with van der Waals surface area (Å²) in [6, 6.07) is 16.9. The molecule has 0 saturated carbocycles. The zero-order valence-electron chi connectivity index (χ0n) is 12.0. The van der Waals surface area contributed by atoms with E-state index in [1.54, 1.807) is 11.8 Å². The van der Waals surface area contributed by atoms with E-state index in [1.807, 2.05) is 61.5 Å². The minimum atomic E-state index is 0.0258. The molecule has 0 aliphatic rings. The van der Waals surface area contributed by atoms with Crippen LogP contribution in [0.1, 0.15) is 29.3 Å². The molecule has 2 nitrogen and oxygen atoms in total. The highest BCUT2D eigenvalue weighted by Crippen LogP contribution is 2.27. The fourth-order valence-electron chi connectivity index (χ4n) is 1.98. The van der Waals surface area contributed by atoms with Gasteiger partial charge in [0, 0.05) is 27.7 Å². The average Bonchev–Trinajstić information content (AvgIpc) is 2.56. The van der Waals surface area contributed by atoms with E-state index in [0.717, 1.165) is 17.6 Å². The summed E-state index contributed by atoms with van der Waals surface area (Å²) in [7, 11) is 0. The lowest BCUT2D eigenvalue weighted by atomic mass is 10.0. The number of rotatable bonds is 7. The van der Waals surface area contributed by atoms with Gasteiger partial charge in [-0.1, -0.05) is 49.4 Å². The molecule has 0 aliphatic heterocycles. The molecule has 0 heterocycles. The van der Waals surface area contributed by atoms with Gasteiger partial charge in [0.25, 0.3) is 0 Å². The molecule has 1 atom stereocenters. The molecule has 3 heteroatoms. The summed E-state index contributed by atoms with van der Waals surface area (Å²) in [6.45, 7) is 2.00. The van der Waals surface area contributed by atoms with Crippen molar-refractivity contribution in [3.8, 4) is 0 Å². The topological polar surface area (TPSA) is 34.1 Å². The number of aldehydes is 1. The second-order valence-electron chi connectivity index (χ2n) is 4.81. The van der Waals surface area contributed by atoms with E-state index in [4.69, 9.17) is 0 Å². The highest BCUT2D eigenvalue weighted by Gasteiger charge is 2.14. The van der Waals surface area contributed by atoms with Crippen LogP contribution in [-0.2, 0) is 4.79 Å². The Morgan fingerprint density at radius 1 is 1.10 bits per heavy atom. The maximum Gasteiger partial charge on any atom is 0.194 e. The van der Waals surface area contributed by atoms with Crippen LogP contribution in [0.25, 0.3) is 0 Å². The molecule has 0 fully saturated rings. The van der Waals surface area contributed by atoms with Gasteiger partial charge in [-0.15, -0.1) is 11.8 Å². The normalized spacial score (nSPS) is 11.9. The minimum absolute atomic E-state index is 0.0258. The summed E-state index contributed by atoms with van der Waals surface area (Å²) >= 11 is 1.58. The molecule has 2 aromatic carbocycles. The molecule has 2 aromatic rings. The molecule has 0 amide bonds. The van der Waals surface area contributed by atoms with Crippen LogP contribution in [0.5, 0.6) is 0 Å². The van der Waals surface area contributed by atoms with Gasteiger partial charge in [0.15, 0.2) is 5.78 Å². The van der Waals surface area contributed by atoms with Gasteiger partial charge in [-0.3, -0.25) is 4.79 Å². The van der Waals surface area contributed by atoms with Crippen molar-refractivity contribution < 1.29 is 9.59 Å². The zero-order valence-corrected chi connectivity index (χ0v) is 12.8. The zero-order chi connectivity index (χ0) is 15.1. The van der Waals surface area contributed by atoms with Gasteiger partial charge in [-0.25, -0.2) is 0 Å². The lowest BCUT2D eigenvalue weighted by Crippen LogP contribution is -2.06. The fraction of sp³-hybridized carbons (Fsp3) is 0.222. The SMILES string of the molecule is CCC(C=O)CSc1ccccc1C(=O)c1ccccc1. The Morgan fingerprint density at radius 2 is 1.76 bits per heavy atom. The molecule has 0 N–H and O–H groups in total. The van der Waals surface area contributed by atoms with E-state index in [2.05, 4.69) is 0 Å². The monoisotopic (exact) mass is 298 g/mol. The number of thioether (sulfide) groups is 1. The Balaban J connectivity index is 2.21. The van der Waals surface area contributed by atoms with Crippen molar-refractivity contribution in [2.45, 2.75) is 18.2 Å². The van der Waals surface area contributed by atoms with Crippen LogP contribution in [0.3, 0.4) is 0 Å². The van der Waals surface area contributed by atoms with E-state index in [0.29, 0.717) is 16.9 Å². The highest BCUT2D eigenvalue weighted by atomic mass is 32.2. The van der Waals surface area contributed by atoms with Crippen LogP contribution >= 0.6 is 11.8 Å². The lowest BCUT2D eigenvalue weighted by molar-refractivity contribution is -0.110. The molecule has 108 valence electrons. The maximum absolute atomic E-state index is 12.6. The van der Waals surface area contributed by atoms with E-state index >= 15 is 0 Å². The van der Waals surface area contributed by atoms with Gasteiger partial charge in [0.2, 0.25) is 0 Å². The summed E-state index contributed by atoms with van der Waals surface area (Å²) in [4.78, 5) is 24.4. The summed E-state index contributed by atoms with van der Waals surface area (Å²) in [5.74, 6) is 0.770. The Labute approximate surface area is 129 Å². The van der Waals surface area contributed by atoms with Gasteiger partial charge in [0.05, 0.1) is 0 Å². The second-order valence-corrected chi connectivity index (χ2v) is 5.87. The lowest BCUT2D eigenvalue weighted by Gasteiger charge is -2.10. The van der Waals surface area contributed by atoms with E-state index in [9.17, 15) is 9.59 Å². The first-order valence-corrected chi connectivity index (χ1v) is 8.01. The fourth-order valence-corrected chi connectivity index (χ4v) is 3.17. The number of carbonyl (C=O) groups excluding carboxylic acids is 2. The van der Waals surface area contributed by atoms with Crippen molar-refractivity contribution in [2.24, 2.45) is 5.92 Å². The standard InChI is InChI=1S/C18H18O2S/c1-2-14(12-19)13-21-17-11-7-6-10-16(17)18(20)15-8-4-3-5-9-15/h3-12,14H,2,13H2,1H3. The quantitative estimate of drug-likeness (QED) is 0.436. The van der Waals surface area contributed by atoms with Crippen LogP contribution < -0.4 is 0 Å². The van der Waals surface area contributed by atoms with Crippen LogP contribution in [0.4, 0.5) is 0 Å². The van der Waals surface area contributed by atoms with Crippen LogP contribution in [0, 0.1) is 5.92 Å². The molecule has 0 spiro atoms. The largest absolute Gasteiger partial charge is 0.303 e. The molecule has 21 heavy (non-hydrogen) atoms. The Morgan fingerprint density at radius 3 is 2.43 bits per heavy atom. The van der Waals surface area contributed by atoms with E-state index < -0.39 is 0 Å². The van der Waals surface area contributed by atoms with Crippen molar-refractivity contribution in [3.63, 3.8) is 0 Å². The summed E-state index contributed by atoms with van der Waals surface area (Å²) < 4.78 is 0. The number of carbonyl (C=O) groups is 2. The van der Waals surface area contributed by atoms with E-state index in [-0.39, 0.29) is 11.7 Å². The predicted molar refractivity (Wildman–Crippen MR) is 86.9 cm³/mol. The van der Waals surface area contributed by atoms with Crippen molar-refractivity contribution in [1.82, 2.24) is 0 Å². The first-order chi connectivity index (χ1) is 10.3. The molecule has 0 aromatic heterocycles. The molecule has 0 bridgehead atoms. The predicted octanol–water partition coefficient (Wildman–Crippen LogP) is 4.23. The number of ketones is 1. The first kappa shape index (κ1) is 15.5. The molecular weight excluding hydrogens is 280 g/mol. The molecule has 1 unspecified atom stereocenters. The van der Waals surface area contributed by atoms with Gasteiger partial charge in [-0.05, 0) is 18.6 Å². The Kier molecular flexibility index (Phi) is 5.76. The smallest absolute Gasteiger partial charge is 0.194 e. The van der Waals surface area contributed by atoms with Crippen LogP contribution in [0.15, 0.2) is 59.5 Å². The number of hydrogen-bond donors (Lipinski definition) is 0. The molecule has 2 rings (SSSR count). The molecule has 0 saturated heterocycles. The average molecular weight is 298 g/mol. The molecule has 0 radical (unpaired) electrons. The van der Waals surface area contributed by atoms with Crippen molar-refractivity contribution >= 4 is 23.8 Å². The number of hydrogen-bond acceptors (Lipinski definition) is 3. The highest BCUT2D eigenvalue weighted by molar-refractivity contribution is 7.99. The summed E-state index contributed by atoms with van der Waals surface area (Å²) in [6.07, 6.45) is 1.82. The summed E-state index contributed by atoms with van der Waals surface area (Å²) in [5, 5.41) is 0. The maximum atomic E-state index is 12.6. The third-order valence-electron chi connectivity index (χ3n) is 3.34. The van der Waals surface area contributed by atoms with E-state index in [1.165, 1.54) is 0 Å². The van der Waals surface area contributed by atoms with Gasteiger partial charge >= 0.3 is 0 Å². The first-order valence-electron chi connectivity index (χ1n) is 7.03. The third kappa shape index (κ3) is 4.05. The molecular formula is C18H18O2S. The minimum Gasteiger partial charge on any atom is -0.303 e. The number of benzene rings is 2. The Hall–Kier alpha value is -1.87. The Bertz CT molecular complexity index is 608. The third-order valence-corrected chi connectivity index (χ3v) is 4.60. The summed E-state index contributed by atoms with van der Waals surface area (Å²) in [5.41, 5.74) is 1.39. The van der Waals surface area contributed by atoms with Crippen molar-refractivity contribution in [1.29, 1.82) is 0 Å². The van der Waals surface area contributed by atoms with Crippen LogP contribution in [0.2, 0.25) is 0 Å². The van der Waals surface area contributed by atoms with Gasteiger partial charge < -0.3 is 4.79 Å². The second kappa shape index (κ2) is 7.79. The van der Waals surface area contributed by atoms with Gasteiger partial charge in [0.1, 0.15) is 6.29 Å². The van der Waals surface area contributed by atoms with Gasteiger partial charge in [-0.2, -0.15) is 0 Å². The van der Waals surface area contributed by atoms with Crippen LogP contribution in [-0.4, -0.2) is 17.8 Å². The van der Waals surface area contributed by atoms with Crippen molar-refractivity contribution in [3.05, 3.63) is 65.7 Å².